The van der Waals surface area contributed by atoms with Crippen molar-refractivity contribution in [2.24, 2.45) is 7.05 Å². The first-order valence-electron chi connectivity index (χ1n) is 4.84. The number of hydrogen-bond acceptors (Lipinski definition) is 4. The molecule has 5 heteroatoms. The predicted octanol–water partition coefficient (Wildman–Crippen LogP) is 1.01. The highest BCUT2D eigenvalue weighted by Gasteiger charge is 2.03. The zero-order valence-electron chi connectivity index (χ0n) is 8.90. The summed E-state index contributed by atoms with van der Waals surface area (Å²) in [7, 11) is 1.93. The highest BCUT2D eigenvalue weighted by molar-refractivity contribution is 5.14. The third-order valence-electron chi connectivity index (χ3n) is 2.34. The predicted molar refractivity (Wildman–Crippen MR) is 55.0 cm³/mol. The molecular formula is C10H14N4O. The molecule has 0 radical (unpaired) electrons. The van der Waals surface area contributed by atoms with E-state index in [1.807, 2.05) is 24.6 Å². The largest absolute Gasteiger partial charge is 0.468 e. The Kier molecular flexibility index (Phi) is 2.82. The van der Waals surface area contributed by atoms with Gasteiger partial charge in [0.15, 0.2) is 0 Å². The Morgan fingerprint density at radius 1 is 1.47 bits per heavy atom. The lowest BCUT2D eigenvalue weighted by Gasteiger charge is -2.02. The molecule has 0 aromatic carbocycles. The molecule has 0 spiro atoms. The molecule has 80 valence electrons. The smallest absolute Gasteiger partial charge is 0.146 e. The van der Waals surface area contributed by atoms with Crippen molar-refractivity contribution >= 4 is 0 Å². The fourth-order valence-electron chi connectivity index (χ4n) is 1.34. The molecule has 0 aliphatic rings. The molecule has 0 saturated carbocycles. The number of aryl methyl sites for hydroxylation is 2. The van der Waals surface area contributed by atoms with Gasteiger partial charge in [-0.1, -0.05) is 0 Å². The van der Waals surface area contributed by atoms with Crippen LogP contribution in [0.5, 0.6) is 0 Å². The zero-order valence-corrected chi connectivity index (χ0v) is 8.90. The van der Waals surface area contributed by atoms with Gasteiger partial charge in [-0.25, -0.2) is 0 Å². The summed E-state index contributed by atoms with van der Waals surface area (Å²) in [5, 5.41) is 11.0. The fourth-order valence-corrected chi connectivity index (χ4v) is 1.34. The van der Waals surface area contributed by atoms with Crippen LogP contribution in [0.1, 0.15) is 17.1 Å². The van der Waals surface area contributed by atoms with Crippen molar-refractivity contribution in [1.29, 1.82) is 0 Å². The number of nitrogens with zero attached hydrogens (tertiary/aromatic N) is 3. The molecule has 0 fully saturated rings. The summed E-state index contributed by atoms with van der Waals surface area (Å²) in [5.74, 6) is 1.89. The molecule has 1 N–H and O–H groups in total. The highest BCUT2D eigenvalue weighted by Crippen LogP contribution is 2.07. The molecule has 0 aliphatic carbocycles. The summed E-state index contributed by atoms with van der Waals surface area (Å²) in [4.78, 5) is 0. The van der Waals surface area contributed by atoms with E-state index in [1.54, 1.807) is 12.6 Å². The second-order valence-electron chi connectivity index (χ2n) is 3.49. The number of nitrogens with one attached hydrogen (secondary N) is 1. The molecule has 2 rings (SSSR count). The average Bonchev–Trinajstić information content (AvgIpc) is 2.78. The summed E-state index contributed by atoms with van der Waals surface area (Å²) >= 11 is 0. The van der Waals surface area contributed by atoms with Gasteiger partial charge in [-0.2, -0.15) is 0 Å². The Hall–Kier alpha value is -1.62. The first-order valence-corrected chi connectivity index (χ1v) is 4.84. The molecular weight excluding hydrogens is 192 g/mol. The van der Waals surface area contributed by atoms with Gasteiger partial charge in [0.05, 0.1) is 19.4 Å². The van der Waals surface area contributed by atoms with E-state index >= 15 is 0 Å². The van der Waals surface area contributed by atoms with Crippen LogP contribution in [-0.2, 0) is 20.1 Å². The van der Waals surface area contributed by atoms with E-state index in [-0.39, 0.29) is 0 Å². The lowest BCUT2D eigenvalue weighted by Crippen LogP contribution is -2.15. The van der Waals surface area contributed by atoms with Crippen LogP contribution in [0, 0.1) is 6.92 Å². The van der Waals surface area contributed by atoms with E-state index in [0.717, 1.165) is 11.6 Å². The summed E-state index contributed by atoms with van der Waals surface area (Å²) in [6, 6.07) is 1.96. The van der Waals surface area contributed by atoms with Gasteiger partial charge in [0, 0.05) is 7.05 Å². The number of rotatable bonds is 4. The van der Waals surface area contributed by atoms with Crippen molar-refractivity contribution in [3.8, 4) is 0 Å². The number of hydrogen-bond donors (Lipinski definition) is 1. The van der Waals surface area contributed by atoms with Crippen molar-refractivity contribution < 1.29 is 4.42 Å². The minimum Gasteiger partial charge on any atom is -0.468 e. The van der Waals surface area contributed by atoms with Gasteiger partial charge >= 0.3 is 0 Å². The summed E-state index contributed by atoms with van der Waals surface area (Å²) in [6.45, 7) is 3.44. The quantitative estimate of drug-likeness (QED) is 0.811. The van der Waals surface area contributed by atoms with Gasteiger partial charge < -0.3 is 14.3 Å². The lowest BCUT2D eigenvalue weighted by atomic mass is 10.3. The van der Waals surface area contributed by atoms with Gasteiger partial charge in [0.2, 0.25) is 0 Å². The molecule has 0 saturated heterocycles. The van der Waals surface area contributed by atoms with Crippen LogP contribution in [0.15, 0.2) is 23.1 Å². The normalized spacial score (nSPS) is 10.8. The van der Waals surface area contributed by atoms with Gasteiger partial charge in [0.1, 0.15) is 17.9 Å². The monoisotopic (exact) mass is 206 g/mol. The van der Waals surface area contributed by atoms with E-state index in [0.29, 0.717) is 13.1 Å². The SMILES string of the molecule is Cc1ccoc1CNCc1nncn1C. The van der Waals surface area contributed by atoms with E-state index in [4.69, 9.17) is 4.42 Å². The van der Waals surface area contributed by atoms with E-state index in [1.165, 1.54) is 5.56 Å². The Morgan fingerprint density at radius 2 is 2.33 bits per heavy atom. The molecule has 2 heterocycles. The van der Waals surface area contributed by atoms with Gasteiger partial charge in [0.25, 0.3) is 0 Å². The first kappa shape index (κ1) is 9.92. The molecule has 0 atom stereocenters. The topological polar surface area (TPSA) is 55.9 Å². The van der Waals surface area contributed by atoms with Crippen LogP contribution in [-0.4, -0.2) is 14.8 Å². The average molecular weight is 206 g/mol. The molecule has 15 heavy (non-hydrogen) atoms. The van der Waals surface area contributed by atoms with Crippen LogP contribution in [0.25, 0.3) is 0 Å². The van der Waals surface area contributed by atoms with Gasteiger partial charge in [-0.3, -0.25) is 0 Å². The first-order chi connectivity index (χ1) is 7.27. The van der Waals surface area contributed by atoms with Crippen molar-refractivity contribution in [2.45, 2.75) is 20.0 Å². The maximum Gasteiger partial charge on any atom is 0.146 e. The van der Waals surface area contributed by atoms with Crippen molar-refractivity contribution in [3.63, 3.8) is 0 Å². The second kappa shape index (κ2) is 4.27. The number of furan rings is 1. The third-order valence-corrected chi connectivity index (χ3v) is 2.34. The van der Waals surface area contributed by atoms with Crippen molar-refractivity contribution in [1.82, 2.24) is 20.1 Å². The molecule has 5 nitrogen and oxygen atoms in total. The zero-order chi connectivity index (χ0) is 10.7. The van der Waals surface area contributed by atoms with Crippen LogP contribution in [0.2, 0.25) is 0 Å². The molecule has 2 aromatic rings. The van der Waals surface area contributed by atoms with Crippen LogP contribution in [0.3, 0.4) is 0 Å². The maximum absolute atomic E-state index is 5.31. The fraction of sp³-hybridized carbons (Fsp3) is 0.400. The third kappa shape index (κ3) is 2.24. The Balaban J connectivity index is 1.86. The standard InChI is InChI=1S/C10H14N4O/c1-8-3-4-15-9(8)5-11-6-10-13-12-7-14(10)2/h3-4,7,11H,5-6H2,1-2H3. The Labute approximate surface area is 88.1 Å². The minimum atomic E-state index is 0.691. The molecule has 0 unspecified atom stereocenters. The lowest BCUT2D eigenvalue weighted by molar-refractivity contribution is 0.475. The Bertz CT molecular complexity index is 392. The Morgan fingerprint density at radius 3 is 2.93 bits per heavy atom. The minimum absolute atomic E-state index is 0.691. The van der Waals surface area contributed by atoms with Crippen LogP contribution < -0.4 is 5.32 Å². The maximum atomic E-state index is 5.31. The second-order valence-corrected chi connectivity index (χ2v) is 3.49. The molecule has 0 aliphatic heterocycles. The molecule has 2 aromatic heterocycles. The molecule has 0 bridgehead atoms. The van der Waals surface area contributed by atoms with E-state index in [9.17, 15) is 0 Å². The highest BCUT2D eigenvalue weighted by atomic mass is 16.3. The van der Waals surface area contributed by atoms with E-state index in [2.05, 4.69) is 15.5 Å². The molecule has 0 amide bonds. The summed E-state index contributed by atoms with van der Waals surface area (Å²) in [6.07, 6.45) is 3.39. The van der Waals surface area contributed by atoms with Gasteiger partial charge in [-0.05, 0) is 18.6 Å². The summed E-state index contributed by atoms with van der Waals surface area (Å²) in [5.41, 5.74) is 1.17. The van der Waals surface area contributed by atoms with Crippen LogP contribution >= 0.6 is 0 Å². The van der Waals surface area contributed by atoms with E-state index < -0.39 is 0 Å². The number of aromatic nitrogens is 3. The van der Waals surface area contributed by atoms with Crippen molar-refractivity contribution in [2.75, 3.05) is 0 Å². The summed E-state index contributed by atoms with van der Waals surface area (Å²) < 4.78 is 7.20. The van der Waals surface area contributed by atoms with Crippen LogP contribution in [0.4, 0.5) is 0 Å². The van der Waals surface area contributed by atoms with Crippen molar-refractivity contribution in [3.05, 3.63) is 35.8 Å². The van der Waals surface area contributed by atoms with Gasteiger partial charge in [-0.15, -0.1) is 10.2 Å².